The fraction of sp³-hybridized carbons (Fsp3) is 0.400. The second kappa shape index (κ2) is 11.3. The van der Waals surface area contributed by atoms with Gasteiger partial charge >= 0.3 is 6.18 Å². The van der Waals surface area contributed by atoms with Gasteiger partial charge in [0.25, 0.3) is 11.8 Å². The number of nitrogens with one attached hydrogen (secondary N) is 1. The minimum atomic E-state index is -5.07. The summed E-state index contributed by atoms with van der Waals surface area (Å²) in [7, 11) is 0. The van der Waals surface area contributed by atoms with Gasteiger partial charge in [0.2, 0.25) is 0 Å². The highest BCUT2D eigenvalue weighted by Crippen LogP contribution is 2.36. The third kappa shape index (κ3) is 6.75. The lowest BCUT2D eigenvalue weighted by Crippen LogP contribution is -2.43. The Morgan fingerprint density at radius 2 is 1.92 bits per heavy atom. The van der Waals surface area contributed by atoms with Crippen molar-refractivity contribution in [2.75, 3.05) is 24.7 Å². The molecule has 0 saturated heterocycles. The van der Waals surface area contributed by atoms with E-state index in [1.54, 1.807) is 24.4 Å². The summed E-state index contributed by atoms with van der Waals surface area (Å²) in [5, 5.41) is 2.56. The van der Waals surface area contributed by atoms with Crippen LogP contribution in [-0.4, -0.2) is 41.5 Å². The zero-order valence-electron chi connectivity index (χ0n) is 20.1. The van der Waals surface area contributed by atoms with Crippen molar-refractivity contribution in [1.29, 1.82) is 0 Å². The van der Waals surface area contributed by atoms with Gasteiger partial charge in [-0.2, -0.15) is 13.2 Å². The summed E-state index contributed by atoms with van der Waals surface area (Å²) < 4.78 is 54.4. The Hall–Kier alpha value is -3.14. The zero-order chi connectivity index (χ0) is 26.6. The molecule has 0 fully saturated rings. The van der Waals surface area contributed by atoms with E-state index in [4.69, 9.17) is 11.6 Å². The number of carbonyl (C=O) groups is 2. The van der Waals surface area contributed by atoms with E-state index >= 15 is 0 Å². The molecule has 0 saturated carbocycles. The Balaban J connectivity index is 1.71. The molecule has 1 aliphatic heterocycles. The van der Waals surface area contributed by atoms with Crippen LogP contribution in [0.5, 0.6) is 0 Å². The van der Waals surface area contributed by atoms with Gasteiger partial charge < -0.3 is 15.1 Å². The van der Waals surface area contributed by atoms with E-state index in [-0.39, 0.29) is 24.1 Å². The maximum absolute atomic E-state index is 14.1. The van der Waals surface area contributed by atoms with Crippen molar-refractivity contribution in [3.8, 4) is 0 Å². The average Bonchev–Trinajstić information content (AvgIpc) is 2.80. The van der Waals surface area contributed by atoms with Crippen LogP contribution in [0.2, 0.25) is 5.02 Å². The lowest BCUT2D eigenvalue weighted by Gasteiger charge is -2.32. The molecule has 1 atom stereocenters. The standard InChI is InChI=1S/C25H27ClF4N4O2/c1-15(2)9-16(3)12-32-23(35)17-5-6-21(31-13-17)33-7-4-8-34(14-33)24(36)19-10-18(26)11-20(27)22(19)25(28,29)30/h4-7,10-11,13,15-16H,8-9,12,14H2,1-3H3,(H,32,35). The Bertz CT molecular complexity index is 1140. The number of hydrogen-bond acceptors (Lipinski definition) is 4. The Labute approximate surface area is 211 Å². The highest BCUT2D eigenvalue weighted by atomic mass is 35.5. The van der Waals surface area contributed by atoms with Crippen molar-refractivity contribution in [3.63, 3.8) is 0 Å². The van der Waals surface area contributed by atoms with Crippen LogP contribution >= 0.6 is 11.6 Å². The summed E-state index contributed by atoms with van der Waals surface area (Å²) in [6.45, 7) is 6.71. The zero-order valence-corrected chi connectivity index (χ0v) is 20.8. The molecule has 6 nitrogen and oxygen atoms in total. The first-order valence-corrected chi connectivity index (χ1v) is 11.8. The monoisotopic (exact) mass is 526 g/mol. The van der Waals surface area contributed by atoms with Gasteiger partial charge in [-0.1, -0.05) is 32.4 Å². The smallest absolute Gasteiger partial charge is 0.352 e. The molecule has 2 aromatic rings. The van der Waals surface area contributed by atoms with E-state index in [2.05, 4.69) is 31.1 Å². The van der Waals surface area contributed by atoms with Gasteiger partial charge in [-0.3, -0.25) is 9.59 Å². The number of aromatic nitrogens is 1. The number of halogens is 5. The molecule has 0 spiro atoms. The quantitative estimate of drug-likeness (QED) is 0.467. The number of anilines is 1. The minimum absolute atomic E-state index is 0.00974. The van der Waals surface area contributed by atoms with Crippen LogP contribution in [0.1, 0.15) is 53.5 Å². The van der Waals surface area contributed by atoms with Crippen LogP contribution in [0.3, 0.4) is 0 Å². The number of pyridine rings is 1. The average molecular weight is 527 g/mol. The van der Waals surface area contributed by atoms with Crippen LogP contribution in [0, 0.1) is 17.7 Å². The molecule has 0 aliphatic carbocycles. The normalized spacial score (nSPS) is 14.8. The van der Waals surface area contributed by atoms with E-state index in [9.17, 15) is 27.2 Å². The largest absolute Gasteiger partial charge is 0.420 e. The van der Waals surface area contributed by atoms with Crippen molar-refractivity contribution < 1.29 is 27.2 Å². The minimum Gasteiger partial charge on any atom is -0.352 e. The molecule has 1 aromatic heterocycles. The Morgan fingerprint density at radius 1 is 1.19 bits per heavy atom. The van der Waals surface area contributed by atoms with Gasteiger partial charge in [0.15, 0.2) is 0 Å². The maximum atomic E-state index is 14.1. The third-order valence-electron chi connectivity index (χ3n) is 5.58. The van der Waals surface area contributed by atoms with Crippen LogP contribution in [0.15, 0.2) is 42.7 Å². The van der Waals surface area contributed by atoms with Gasteiger partial charge in [0.05, 0.1) is 17.8 Å². The molecule has 0 radical (unpaired) electrons. The second-order valence-electron chi connectivity index (χ2n) is 9.18. The number of rotatable bonds is 7. The summed E-state index contributed by atoms with van der Waals surface area (Å²) in [4.78, 5) is 32.3. The number of benzene rings is 1. The highest BCUT2D eigenvalue weighted by Gasteiger charge is 2.40. The highest BCUT2D eigenvalue weighted by molar-refractivity contribution is 6.31. The number of nitrogens with zero attached hydrogens (tertiary/aromatic N) is 3. The topological polar surface area (TPSA) is 65.5 Å². The summed E-state index contributed by atoms with van der Waals surface area (Å²) in [6, 6.07) is 4.49. The van der Waals surface area contributed by atoms with Gasteiger partial charge in [-0.25, -0.2) is 9.37 Å². The molecule has 1 aliphatic rings. The summed E-state index contributed by atoms with van der Waals surface area (Å²) in [5.74, 6) is -1.67. The molecule has 0 bridgehead atoms. The van der Waals surface area contributed by atoms with E-state index in [1.165, 1.54) is 11.1 Å². The maximum Gasteiger partial charge on any atom is 0.420 e. The van der Waals surface area contributed by atoms with Crippen molar-refractivity contribution in [3.05, 3.63) is 70.3 Å². The summed E-state index contributed by atoms with van der Waals surface area (Å²) in [6.07, 6.45) is 0.493. The lowest BCUT2D eigenvalue weighted by molar-refractivity contribution is -0.140. The lowest BCUT2D eigenvalue weighted by atomic mass is 9.99. The predicted molar refractivity (Wildman–Crippen MR) is 129 cm³/mol. The molecule has 11 heteroatoms. The first-order chi connectivity index (χ1) is 16.9. The Kier molecular flexibility index (Phi) is 8.60. The molecule has 2 amide bonds. The second-order valence-corrected chi connectivity index (χ2v) is 9.62. The number of amides is 2. The van der Waals surface area contributed by atoms with Crippen LogP contribution < -0.4 is 10.2 Å². The van der Waals surface area contributed by atoms with Crippen LogP contribution in [0.25, 0.3) is 0 Å². The van der Waals surface area contributed by atoms with Crippen molar-refractivity contribution in [2.45, 2.75) is 33.4 Å². The molecule has 36 heavy (non-hydrogen) atoms. The van der Waals surface area contributed by atoms with E-state index in [1.807, 2.05) is 0 Å². The molecular weight excluding hydrogens is 500 g/mol. The van der Waals surface area contributed by atoms with Crippen molar-refractivity contribution in [1.82, 2.24) is 15.2 Å². The summed E-state index contributed by atoms with van der Waals surface area (Å²) in [5.41, 5.74) is -2.17. The van der Waals surface area contributed by atoms with E-state index in [0.717, 1.165) is 17.4 Å². The molecule has 1 N–H and O–H groups in total. The molecule has 3 rings (SSSR count). The molecule has 1 aromatic carbocycles. The molecule has 194 valence electrons. The van der Waals surface area contributed by atoms with Crippen LogP contribution in [-0.2, 0) is 6.18 Å². The molecular formula is C25H27ClF4N4O2. The number of hydrogen-bond donors (Lipinski definition) is 1. The predicted octanol–water partition coefficient (Wildman–Crippen LogP) is 5.74. The fourth-order valence-corrected chi connectivity index (χ4v) is 4.24. The van der Waals surface area contributed by atoms with Gasteiger partial charge in [0.1, 0.15) is 17.2 Å². The first kappa shape index (κ1) is 27.4. The van der Waals surface area contributed by atoms with E-state index < -0.39 is 29.0 Å². The van der Waals surface area contributed by atoms with Gasteiger partial charge in [0, 0.05) is 30.5 Å². The molecule has 2 heterocycles. The fourth-order valence-electron chi connectivity index (χ4n) is 4.03. The number of alkyl halides is 3. The SMILES string of the molecule is CC(C)CC(C)CNC(=O)c1ccc(N2C=CCN(C(=O)c3cc(Cl)cc(F)c3C(F)(F)F)C2)nc1. The number of carbonyl (C=O) groups excluding carboxylic acids is 2. The Morgan fingerprint density at radius 3 is 2.53 bits per heavy atom. The third-order valence-corrected chi connectivity index (χ3v) is 5.80. The van der Waals surface area contributed by atoms with E-state index in [0.29, 0.717) is 35.8 Å². The first-order valence-electron chi connectivity index (χ1n) is 11.4. The summed E-state index contributed by atoms with van der Waals surface area (Å²) >= 11 is 5.74. The van der Waals surface area contributed by atoms with Crippen molar-refractivity contribution >= 4 is 29.2 Å². The van der Waals surface area contributed by atoms with Crippen LogP contribution in [0.4, 0.5) is 23.4 Å². The van der Waals surface area contributed by atoms with Gasteiger partial charge in [-0.15, -0.1) is 0 Å². The van der Waals surface area contributed by atoms with Crippen molar-refractivity contribution in [2.24, 2.45) is 11.8 Å². The van der Waals surface area contributed by atoms with Gasteiger partial charge in [-0.05, 0) is 48.6 Å². The molecule has 1 unspecified atom stereocenters.